The molecule has 2 heteroatoms. The van der Waals surface area contributed by atoms with E-state index in [-0.39, 0.29) is 5.41 Å². The van der Waals surface area contributed by atoms with Gasteiger partial charge < -0.3 is 9.47 Å². The molecule has 0 amide bonds. The molecular weight excluding hydrogens is 188 g/mol. The van der Waals surface area contributed by atoms with Gasteiger partial charge >= 0.3 is 0 Å². The smallest absolute Gasteiger partial charge is 0.0882 e. The molecule has 1 atom stereocenters. The lowest BCUT2D eigenvalue weighted by molar-refractivity contribution is 0.0366. The fourth-order valence-corrected chi connectivity index (χ4v) is 1.60. The molecule has 0 unspecified atom stereocenters. The number of ether oxygens (including phenoxy) is 2. The van der Waals surface area contributed by atoms with Crippen molar-refractivity contribution in [3.05, 3.63) is 35.9 Å². The van der Waals surface area contributed by atoms with Crippen molar-refractivity contribution in [2.45, 2.75) is 26.6 Å². The molecule has 0 aromatic heterocycles. The first-order valence-electron chi connectivity index (χ1n) is 5.42. The van der Waals surface area contributed by atoms with Crippen molar-refractivity contribution >= 4 is 0 Å². The highest BCUT2D eigenvalue weighted by molar-refractivity contribution is 5.13. The van der Waals surface area contributed by atoms with Gasteiger partial charge in [0.05, 0.1) is 25.9 Å². The van der Waals surface area contributed by atoms with E-state index in [1.165, 1.54) is 5.56 Å². The predicted octanol–water partition coefficient (Wildman–Crippen LogP) is 2.63. The average molecular weight is 206 g/mol. The summed E-state index contributed by atoms with van der Waals surface area (Å²) >= 11 is 0. The number of hydrogen-bond acceptors (Lipinski definition) is 2. The van der Waals surface area contributed by atoms with E-state index in [9.17, 15) is 0 Å². The van der Waals surface area contributed by atoms with Crippen LogP contribution in [0.15, 0.2) is 30.3 Å². The molecule has 1 aliphatic rings. The largest absolute Gasteiger partial charge is 0.376 e. The lowest BCUT2D eigenvalue weighted by Gasteiger charge is -2.21. The normalized spacial score (nSPS) is 20.3. The maximum absolute atomic E-state index is 5.71. The van der Waals surface area contributed by atoms with Crippen LogP contribution in [0.25, 0.3) is 0 Å². The first kappa shape index (κ1) is 10.7. The van der Waals surface area contributed by atoms with E-state index in [2.05, 4.69) is 26.0 Å². The summed E-state index contributed by atoms with van der Waals surface area (Å²) in [6.45, 7) is 6.72. The maximum atomic E-state index is 5.71. The molecule has 0 aliphatic carbocycles. The van der Waals surface area contributed by atoms with Crippen molar-refractivity contribution in [1.82, 2.24) is 0 Å². The number of benzene rings is 1. The van der Waals surface area contributed by atoms with Crippen molar-refractivity contribution in [1.29, 1.82) is 0 Å². The van der Waals surface area contributed by atoms with Gasteiger partial charge in [0.1, 0.15) is 0 Å². The Labute approximate surface area is 91.2 Å². The van der Waals surface area contributed by atoms with Crippen molar-refractivity contribution in [3.63, 3.8) is 0 Å². The summed E-state index contributed by atoms with van der Waals surface area (Å²) in [6.07, 6.45) is 0.397. The second kappa shape index (κ2) is 4.33. The van der Waals surface area contributed by atoms with Crippen LogP contribution in [0.3, 0.4) is 0 Å². The zero-order valence-corrected chi connectivity index (χ0v) is 9.40. The number of epoxide rings is 1. The van der Waals surface area contributed by atoms with Crippen LogP contribution in [0.2, 0.25) is 0 Å². The van der Waals surface area contributed by atoms with Gasteiger partial charge in [-0.25, -0.2) is 0 Å². The topological polar surface area (TPSA) is 21.8 Å². The fourth-order valence-electron chi connectivity index (χ4n) is 1.60. The summed E-state index contributed by atoms with van der Waals surface area (Å²) in [5.41, 5.74) is 1.37. The van der Waals surface area contributed by atoms with Crippen LogP contribution in [0.4, 0.5) is 0 Å². The Bertz CT molecular complexity index is 302. The fraction of sp³-hybridized carbons (Fsp3) is 0.538. The van der Waals surface area contributed by atoms with E-state index in [1.807, 2.05) is 18.2 Å². The minimum absolute atomic E-state index is 0.148. The van der Waals surface area contributed by atoms with Gasteiger partial charge in [-0.15, -0.1) is 0 Å². The Balaban J connectivity index is 1.75. The quantitative estimate of drug-likeness (QED) is 0.691. The van der Waals surface area contributed by atoms with Crippen LogP contribution >= 0.6 is 0 Å². The summed E-state index contributed by atoms with van der Waals surface area (Å²) < 4.78 is 11.0. The highest BCUT2D eigenvalue weighted by atomic mass is 16.6. The van der Waals surface area contributed by atoms with E-state index in [4.69, 9.17) is 9.47 Å². The third-order valence-electron chi connectivity index (χ3n) is 2.79. The zero-order chi connectivity index (χ0) is 10.7. The number of hydrogen-bond donors (Lipinski definition) is 0. The highest BCUT2D eigenvalue weighted by Crippen LogP contribution is 2.32. The average Bonchev–Trinajstić information content (AvgIpc) is 3.02. The van der Waals surface area contributed by atoms with Crippen molar-refractivity contribution < 1.29 is 9.47 Å². The Morgan fingerprint density at radius 3 is 2.60 bits per heavy atom. The standard InChI is InChI=1S/C13H18O2/c1-13(2,12-9-15-12)10-14-8-11-6-4-3-5-7-11/h3-7,12H,8-10H2,1-2H3/t12-/m1/s1. The van der Waals surface area contributed by atoms with Crippen molar-refractivity contribution in [2.24, 2.45) is 5.41 Å². The highest BCUT2D eigenvalue weighted by Gasteiger charge is 2.39. The lowest BCUT2D eigenvalue weighted by atomic mass is 9.91. The lowest BCUT2D eigenvalue weighted by Crippen LogP contribution is -2.25. The van der Waals surface area contributed by atoms with Gasteiger partial charge in [0.2, 0.25) is 0 Å². The molecule has 0 N–H and O–H groups in total. The van der Waals surface area contributed by atoms with Gasteiger partial charge in [0.15, 0.2) is 0 Å². The van der Waals surface area contributed by atoms with E-state index in [0.29, 0.717) is 12.7 Å². The summed E-state index contributed by atoms with van der Waals surface area (Å²) in [5, 5.41) is 0. The third-order valence-corrected chi connectivity index (χ3v) is 2.79. The molecule has 1 heterocycles. The molecule has 82 valence electrons. The van der Waals surface area contributed by atoms with Gasteiger partial charge in [-0.1, -0.05) is 44.2 Å². The Morgan fingerprint density at radius 2 is 2.00 bits per heavy atom. The molecule has 15 heavy (non-hydrogen) atoms. The summed E-state index contributed by atoms with van der Waals surface area (Å²) in [5.74, 6) is 0. The minimum Gasteiger partial charge on any atom is -0.376 e. The maximum Gasteiger partial charge on any atom is 0.0882 e. The summed E-state index contributed by atoms with van der Waals surface area (Å²) in [7, 11) is 0. The van der Waals surface area contributed by atoms with E-state index >= 15 is 0 Å². The molecule has 0 saturated carbocycles. The van der Waals surface area contributed by atoms with Crippen LogP contribution in [0.1, 0.15) is 19.4 Å². The van der Waals surface area contributed by atoms with Gasteiger partial charge in [-0.05, 0) is 5.56 Å². The molecule has 0 radical (unpaired) electrons. The molecule has 2 rings (SSSR count). The monoisotopic (exact) mass is 206 g/mol. The SMILES string of the molecule is CC(C)(COCc1ccccc1)[C@H]1CO1. The molecule has 1 aromatic rings. The van der Waals surface area contributed by atoms with Crippen LogP contribution in [0.5, 0.6) is 0 Å². The molecule has 2 nitrogen and oxygen atoms in total. The number of rotatable bonds is 5. The first-order chi connectivity index (χ1) is 7.18. The Kier molecular flexibility index (Phi) is 3.08. The van der Waals surface area contributed by atoms with Crippen molar-refractivity contribution in [2.75, 3.05) is 13.2 Å². The zero-order valence-electron chi connectivity index (χ0n) is 9.40. The second-order valence-electron chi connectivity index (χ2n) is 4.79. The third kappa shape index (κ3) is 3.05. The van der Waals surface area contributed by atoms with Crippen molar-refractivity contribution in [3.8, 4) is 0 Å². The molecule has 0 bridgehead atoms. The second-order valence-corrected chi connectivity index (χ2v) is 4.79. The Hall–Kier alpha value is -0.860. The molecule has 1 fully saturated rings. The summed E-state index contributed by atoms with van der Waals surface area (Å²) in [6, 6.07) is 10.3. The van der Waals surface area contributed by atoms with Crippen LogP contribution in [0, 0.1) is 5.41 Å². The van der Waals surface area contributed by atoms with Gasteiger partial charge in [0, 0.05) is 5.41 Å². The molecular formula is C13H18O2. The van der Waals surface area contributed by atoms with Gasteiger partial charge in [-0.2, -0.15) is 0 Å². The van der Waals surface area contributed by atoms with E-state index in [1.54, 1.807) is 0 Å². The molecule has 1 aromatic carbocycles. The minimum atomic E-state index is 0.148. The van der Waals surface area contributed by atoms with Crippen LogP contribution < -0.4 is 0 Å². The van der Waals surface area contributed by atoms with Crippen LogP contribution in [-0.2, 0) is 16.1 Å². The van der Waals surface area contributed by atoms with E-state index in [0.717, 1.165) is 13.2 Å². The molecule has 0 spiro atoms. The van der Waals surface area contributed by atoms with Gasteiger partial charge in [0.25, 0.3) is 0 Å². The molecule has 1 saturated heterocycles. The predicted molar refractivity (Wildman–Crippen MR) is 59.6 cm³/mol. The molecule has 1 aliphatic heterocycles. The van der Waals surface area contributed by atoms with E-state index < -0.39 is 0 Å². The Morgan fingerprint density at radius 1 is 1.33 bits per heavy atom. The van der Waals surface area contributed by atoms with Gasteiger partial charge in [-0.3, -0.25) is 0 Å². The summed E-state index contributed by atoms with van der Waals surface area (Å²) in [4.78, 5) is 0. The first-order valence-corrected chi connectivity index (χ1v) is 5.42. The van der Waals surface area contributed by atoms with Crippen LogP contribution in [-0.4, -0.2) is 19.3 Å².